The third kappa shape index (κ3) is 2.21. The summed E-state index contributed by atoms with van der Waals surface area (Å²) in [4.78, 5) is 14.8. The zero-order valence-corrected chi connectivity index (χ0v) is 10.1. The molecule has 94 valence electrons. The lowest BCUT2D eigenvalue weighted by molar-refractivity contribution is 0.0663. The molecule has 17 heavy (non-hydrogen) atoms. The molecular formula is C11H16N2O4. The van der Waals surface area contributed by atoms with E-state index in [9.17, 15) is 4.79 Å². The second-order valence-corrected chi connectivity index (χ2v) is 4.47. The van der Waals surface area contributed by atoms with Crippen molar-refractivity contribution in [2.45, 2.75) is 6.10 Å². The van der Waals surface area contributed by atoms with Crippen LogP contribution in [0, 0.1) is 0 Å². The molecule has 0 saturated heterocycles. The molecule has 1 aromatic heterocycles. The van der Waals surface area contributed by atoms with Crippen LogP contribution >= 0.6 is 0 Å². The summed E-state index contributed by atoms with van der Waals surface area (Å²) in [6.45, 7) is 1.42. The Bertz CT molecular complexity index is 427. The monoisotopic (exact) mass is 240 g/mol. The highest BCUT2D eigenvalue weighted by Crippen LogP contribution is 2.37. The molecular weight excluding hydrogens is 224 g/mol. The third-order valence-electron chi connectivity index (χ3n) is 2.65. The standard InChI is InChI=1S/C11H16N2O4/c1-12(2)4-7-5-13(3)9-8(17-7)6-16-10(9)11(14)15/h6-7H,4-5H2,1-3H3,(H,14,15). The minimum absolute atomic E-state index is 0.0155. The second kappa shape index (κ2) is 4.29. The molecule has 0 fully saturated rings. The number of nitrogens with zero attached hydrogens (tertiary/aromatic N) is 2. The van der Waals surface area contributed by atoms with Crippen molar-refractivity contribution in [2.75, 3.05) is 39.1 Å². The minimum Gasteiger partial charge on any atom is -0.482 e. The summed E-state index contributed by atoms with van der Waals surface area (Å²) in [5, 5.41) is 8.97. The van der Waals surface area contributed by atoms with E-state index in [1.165, 1.54) is 6.26 Å². The number of carbonyl (C=O) groups is 1. The molecule has 1 atom stereocenters. The van der Waals surface area contributed by atoms with Crippen LogP contribution in [-0.4, -0.2) is 56.3 Å². The fraction of sp³-hybridized carbons (Fsp3) is 0.545. The van der Waals surface area contributed by atoms with E-state index in [2.05, 4.69) is 0 Å². The van der Waals surface area contributed by atoms with Crippen molar-refractivity contribution in [3.8, 4) is 5.75 Å². The van der Waals surface area contributed by atoms with Crippen LogP contribution in [0.2, 0.25) is 0 Å². The number of anilines is 1. The van der Waals surface area contributed by atoms with Gasteiger partial charge in [0.15, 0.2) is 5.75 Å². The largest absolute Gasteiger partial charge is 0.482 e. The molecule has 6 nitrogen and oxygen atoms in total. The minimum atomic E-state index is -1.08. The van der Waals surface area contributed by atoms with Gasteiger partial charge in [0, 0.05) is 13.6 Å². The molecule has 0 amide bonds. The highest BCUT2D eigenvalue weighted by Gasteiger charge is 2.31. The lowest BCUT2D eigenvalue weighted by Gasteiger charge is -2.32. The van der Waals surface area contributed by atoms with E-state index in [0.29, 0.717) is 18.0 Å². The smallest absolute Gasteiger partial charge is 0.374 e. The normalized spacial score (nSPS) is 19.1. The molecule has 0 aromatic carbocycles. The van der Waals surface area contributed by atoms with E-state index < -0.39 is 5.97 Å². The Labute approximate surface area is 99.4 Å². The van der Waals surface area contributed by atoms with Crippen LogP contribution in [0.25, 0.3) is 0 Å². The van der Waals surface area contributed by atoms with Gasteiger partial charge in [0.25, 0.3) is 0 Å². The predicted octanol–water partition coefficient (Wildman–Crippen LogP) is 0.737. The predicted molar refractivity (Wildman–Crippen MR) is 61.9 cm³/mol. The fourth-order valence-electron chi connectivity index (χ4n) is 2.05. The van der Waals surface area contributed by atoms with E-state index in [0.717, 1.165) is 6.54 Å². The fourth-order valence-corrected chi connectivity index (χ4v) is 2.05. The van der Waals surface area contributed by atoms with Gasteiger partial charge in [-0.05, 0) is 14.1 Å². The Balaban J connectivity index is 2.24. The quantitative estimate of drug-likeness (QED) is 0.840. The zero-order valence-electron chi connectivity index (χ0n) is 10.1. The Morgan fingerprint density at radius 3 is 2.94 bits per heavy atom. The van der Waals surface area contributed by atoms with Crippen LogP contribution in [0.5, 0.6) is 5.75 Å². The van der Waals surface area contributed by atoms with Crippen LogP contribution in [0.4, 0.5) is 5.69 Å². The molecule has 6 heteroatoms. The van der Waals surface area contributed by atoms with Gasteiger partial charge in [0.05, 0.1) is 6.54 Å². The van der Waals surface area contributed by atoms with E-state index in [1.54, 1.807) is 0 Å². The molecule has 0 bridgehead atoms. The molecule has 0 radical (unpaired) electrons. The zero-order chi connectivity index (χ0) is 12.6. The van der Waals surface area contributed by atoms with Gasteiger partial charge in [0.2, 0.25) is 5.76 Å². The highest BCUT2D eigenvalue weighted by atomic mass is 16.5. The number of carboxylic acid groups (broad SMARTS) is 1. The molecule has 2 heterocycles. The van der Waals surface area contributed by atoms with E-state index in [1.807, 2.05) is 30.9 Å². The number of fused-ring (bicyclic) bond motifs is 1. The van der Waals surface area contributed by atoms with Crippen molar-refractivity contribution in [3.63, 3.8) is 0 Å². The molecule has 0 saturated carbocycles. The van der Waals surface area contributed by atoms with Crippen molar-refractivity contribution >= 4 is 11.7 Å². The Hall–Kier alpha value is -1.69. The summed E-state index contributed by atoms with van der Waals surface area (Å²) in [5.41, 5.74) is 0.521. The van der Waals surface area contributed by atoms with Crippen molar-refractivity contribution in [1.82, 2.24) is 4.90 Å². The first kappa shape index (κ1) is 11.8. The van der Waals surface area contributed by atoms with Gasteiger partial charge in [-0.2, -0.15) is 0 Å². The first-order valence-electron chi connectivity index (χ1n) is 5.36. The lowest BCUT2D eigenvalue weighted by Crippen LogP contribution is -2.43. The number of carboxylic acids is 1. The first-order chi connectivity index (χ1) is 7.99. The number of ether oxygens (including phenoxy) is 1. The maximum absolute atomic E-state index is 11.0. The van der Waals surface area contributed by atoms with Gasteiger partial charge < -0.3 is 24.1 Å². The average molecular weight is 240 g/mol. The summed E-state index contributed by atoms with van der Waals surface area (Å²) in [6, 6.07) is 0. The van der Waals surface area contributed by atoms with Gasteiger partial charge in [0.1, 0.15) is 18.1 Å². The lowest BCUT2D eigenvalue weighted by atomic mass is 10.2. The Morgan fingerprint density at radius 1 is 1.65 bits per heavy atom. The third-order valence-corrected chi connectivity index (χ3v) is 2.65. The van der Waals surface area contributed by atoms with Crippen molar-refractivity contribution in [3.05, 3.63) is 12.0 Å². The van der Waals surface area contributed by atoms with Crippen molar-refractivity contribution in [1.29, 1.82) is 0 Å². The Morgan fingerprint density at radius 2 is 2.35 bits per heavy atom. The van der Waals surface area contributed by atoms with Crippen LogP contribution in [-0.2, 0) is 0 Å². The van der Waals surface area contributed by atoms with Gasteiger partial charge >= 0.3 is 5.97 Å². The first-order valence-corrected chi connectivity index (χ1v) is 5.36. The molecule has 1 unspecified atom stereocenters. The summed E-state index contributed by atoms with van der Waals surface area (Å²) < 4.78 is 10.7. The number of furan rings is 1. The van der Waals surface area contributed by atoms with Gasteiger partial charge in [-0.1, -0.05) is 0 Å². The number of hydrogen-bond acceptors (Lipinski definition) is 5. The topological polar surface area (TPSA) is 66.2 Å². The molecule has 1 aliphatic rings. The van der Waals surface area contributed by atoms with Crippen LogP contribution in [0.1, 0.15) is 10.6 Å². The van der Waals surface area contributed by atoms with Crippen LogP contribution in [0.15, 0.2) is 10.7 Å². The molecule has 1 aliphatic heterocycles. The summed E-state index contributed by atoms with van der Waals surface area (Å²) >= 11 is 0. The number of aromatic carboxylic acids is 1. The maximum Gasteiger partial charge on any atom is 0.374 e. The van der Waals surface area contributed by atoms with Crippen LogP contribution < -0.4 is 9.64 Å². The number of rotatable bonds is 3. The van der Waals surface area contributed by atoms with Gasteiger partial charge in [-0.15, -0.1) is 0 Å². The molecule has 0 aliphatic carbocycles. The van der Waals surface area contributed by atoms with Crippen molar-refractivity contribution < 1.29 is 19.1 Å². The van der Waals surface area contributed by atoms with Gasteiger partial charge in [-0.25, -0.2) is 4.79 Å². The van der Waals surface area contributed by atoms with E-state index in [4.69, 9.17) is 14.3 Å². The molecule has 0 spiro atoms. The summed E-state index contributed by atoms with van der Waals surface area (Å²) in [5.74, 6) is -0.637. The molecule has 2 rings (SSSR count). The Kier molecular flexibility index (Phi) is 2.97. The molecule has 1 aromatic rings. The van der Waals surface area contributed by atoms with Crippen molar-refractivity contribution in [2.24, 2.45) is 0 Å². The van der Waals surface area contributed by atoms with Crippen LogP contribution in [0.3, 0.4) is 0 Å². The van der Waals surface area contributed by atoms with E-state index in [-0.39, 0.29) is 11.9 Å². The SMILES string of the molecule is CN(C)CC1CN(C)c2c(coc2C(=O)O)O1. The second-order valence-electron chi connectivity index (χ2n) is 4.47. The number of likely N-dealkylation sites (N-methyl/N-ethyl adjacent to an activating group) is 2. The van der Waals surface area contributed by atoms with E-state index >= 15 is 0 Å². The van der Waals surface area contributed by atoms with Gasteiger partial charge in [-0.3, -0.25) is 0 Å². The summed E-state index contributed by atoms with van der Waals surface area (Å²) in [6.07, 6.45) is 1.37. The average Bonchev–Trinajstić information content (AvgIpc) is 2.60. The summed E-state index contributed by atoms with van der Waals surface area (Å²) in [7, 11) is 5.78. The highest BCUT2D eigenvalue weighted by molar-refractivity contribution is 5.93. The maximum atomic E-state index is 11.0. The number of hydrogen-bond donors (Lipinski definition) is 1. The molecule has 1 N–H and O–H groups in total.